The SMILES string of the molecule is Cc1ccc(S(=O)(=O)N2CCN(C(=O)Nc3ccccc3CCc3cc(C(C)(C)C)c(O)c(C(C)(C)C)c3)CC2)cc1. The summed E-state index contributed by atoms with van der Waals surface area (Å²) in [5, 5.41) is 14.1. The Labute approximate surface area is 251 Å². The van der Waals surface area contributed by atoms with Gasteiger partial charge in [-0.1, -0.05) is 89.6 Å². The van der Waals surface area contributed by atoms with E-state index in [0.717, 1.165) is 46.3 Å². The molecule has 1 aliphatic heterocycles. The smallest absolute Gasteiger partial charge is 0.321 e. The molecule has 7 nitrogen and oxygen atoms in total. The maximum absolute atomic E-state index is 13.2. The number of carbonyl (C=O) groups excluding carboxylic acids is 1. The van der Waals surface area contributed by atoms with E-state index in [0.29, 0.717) is 18.8 Å². The Hall–Kier alpha value is -3.36. The van der Waals surface area contributed by atoms with Gasteiger partial charge in [-0.25, -0.2) is 13.2 Å². The molecule has 3 aromatic rings. The number of anilines is 1. The lowest BCUT2D eigenvalue weighted by molar-refractivity contribution is 0.184. The molecule has 42 heavy (non-hydrogen) atoms. The van der Waals surface area contributed by atoms with Gasteiger partial charge in [-0.05, 0) is 71.0 Å². The second kappa shape index (κ2) is 12.1. The van der Waals surface area contributed by atoms with Crippen LogP contribution in [0.15, 0.2) is 65.6 Å². The molecule has 2 N–H and O–H groups in total. The van der Waals surface area contributed by atoms with Gasteiger partial charge in [-0.3, -0.25) is 0 Å². The average molecular weight is 592 g/mol. The van der Waals surface area contributed by atoms with E-state index in [9.17, 15) is 18.3 Å². The maximum Gasteiger partial charge on any atom is 0.321 e. The quantitative estimate of drug-likeness (QED) is 0.337. The van der Waals surface area contributed by atoms with Crippen molar-refractivity contribution in [2.24, 2.45) is 0 Å². The largest absolute Gasteiger partial charge is 0.507 e. The molecule has 0 aliphatic carbocycles. The lowest BCUT2D eigenvalue weighted by Crippen LogP contribution is -2.51. The lowest BCUT2D eigenvalue weighted by atomic mass is 9.78. The van der Waals surface area contributed by atoms with Crippen molar-refractivity contribution in [2.45, 2.75) is 77.0 Å². The second-order valence-electron chi connectivity index (χ2n) is 13.3. The van der Waals surface area contributed by atoms with Crippen LogP contribution in [0.5, 0.6) is 5.75 Å². The van der Waals surface area contributed by atoms with Crippen molar-refractivity contribution < 1.29 is 18.3 Å². The molecule has 0 saturated carbocycles. The molecule has 0 atom stereocenters. The standard InChI is InChI=1S/C34H45N3O4S/c1-24-12-16-27(17-13-24)42(40,41)37-20-18-36(19-21-37)32(39)35-30-11-9-8-10-26(30)15-14-25-22-28(33(2,3)4)31(38)29(23-25)34(5,6)7/h8-13,16-17,22-23,38H,14-15,18-21H2,1-7H3,(H,35,39). The first-order chi connectivity index (χ1) is 19.6. The van der Waals surface area contributed by atoms with E-state index in [1.54, 1.807) is 29.2 Å². The summed E-state index contributed by atoms with van der Waals surface area (Å²) in [5.41, 5.74) is 5.41. The summed E-state index contributed by atoms with van der Waals surface area (Å²) in [6, 6.07) is 18.6. The number of urea groups is 1. The van der Waals surface area contributed by atoms with Crippen LogP contribution in [0.25, 0.3) is 0 Å². The Balaban J connectivity index is 1.43. The first-order valence-corrected chi connectivity index (χ1v) is 16.1. The number of phenolic OH excluding ortho intramolecular Hbond substituents is 1. The number of amides is 2. The number of hydrogen-bond donors (Lipinski definition) is 2. The molecule has 0 radical (unpaired) electrons. The molecule has 0 aromatic heterocycles. The lowest BCUT2D eigenvalue weighted by Gasteiger charge is -2.34. The van der Waals surface area contributed by atoms with Crippen LogP contribution >= 0.6 is 0 Å². The Morgan fingerprint density at radius 3 is 1.93 bits per heavy atom. The zero-order chi connectivity index (χ0) is 30.9. The number of hydrogen-bond acceptors (Lipinski definition) is 4. The van der Waals surface area contributed by atoms with E-state index in [-0.39, 0.29) is 34.8 Å². The predicted molar refractivity (Wildman–Crippen MR) is 170 cm³/mol. The molecule has 1 heterocycles. The van der Waals surface area contributed by atoms with Crippen molar-refractivity contribution in [1.82, 2.24) is 9.21 Å². The minimum absolute atomic E-state index is 0.199. The summed E-state index contributed by atoms with van der Waals surface area (Å²) in [7, 11) is -3.60. The number of carbonyl (C=O) groups is 1. The Morgan fingerprint density at radius 2 is 1.38 bits per heavy atom. The average Bonchev–Trinajstić information content (AvgIpc) is 2.92. The van der Waals surface area contributed by atoms with Gasteiger partial charge in [0.2, 0.25) is 10.0 Å². The van der Waals surface area contributed by atoms with Gasteiger partial charge in [0.1, 0.15) is 5.75 Å². The summed E-state index contributed by atoms with van der Waals surface area (Å²) in [4.78, 5) is 15.2. The van der Waals surface area contributed by atoms with Crippen LogP contribution in [0, 0.1) is 6.92 Å². The molecule has 1 aliphatic rings. The van der Waals surface area contributed by atoms with Crippen molar-refractivity contribution in [3.05, 3.63) is 88.5 Å². The number of aryl methyl sites for hydroxylation is 3. The van der Waals surface area contributed by atoms with Gasteiger partial charge in [0.25, 0.3) is 0 Å². The summed E-state index contributed by atoms with van der Waals surface area (Å²) in [6.07, 6.45) is 1.48. The molecular formula is C34H45N3O4S. The van der Waals surface area contributed by atoms with E-state index in [1.807, 2.05) is 31.2 Å². The molecule has 2 amide bonds. The van der Waals surface area contributed by atoms with Gasteiger partial charge < -0.3 is 15.3 Å². The zero-order valence-corrected chi connectivity index (χ0v) is 26.8. The molecular weight excluding hydrogens is 546 g/mol. The van der Waals surface area contributed by atoms with Gasteiger partial charge >= 0.3 is 6.03 Å². The molecule has 0 bridgehead atoms. The first-order valence-electron chi connectivity index (χ1n) is 14.6. The van der Waals surface area contributed by atoms with Crippen molar-refractivity contribution in [2.75, 3.05) is 31.5 Å². The number of nitrogens with one attached hydrogen (secondary N) is 1. The molecule has 8 heteroatoms. The zero-order valence-electron chi connectivity index (χ0n) is 26.0. The topological polar surface area (TPSA) is 90.0 Å². The van der Waals surface area contributed by atoms with Crippen LogP contribution < -0.4 is 5.32 Å². The van der Waals surface area contributed by atoms with E-state index >= 15 is 0 Å². The normalized spacial score (nSPS) is 15.1. The fourth-order valence-corrected chi connectivity index (χ4v) is 6.73. The van der Waals surface area contributed by atoms with Gasteiger partial charge in [0.15, 0.2) is 0 Å². The number of benzene rings is 3. The maximum atomic E-state index is 13.2. The monoisotopic (exact) mass is 591 g/mol. The van der Waals surface area contributed by atoms with Crippen LogP contribution in [-0.4, -0.2) is 54.9 Å². The van der Waals surface area contributed by atoms with E-state index < -0.39 is 10.0 Å². The minimum atomic E-state index is -3.60. The third kappa shape index (κ3) is 7.16. The van der Waals surface area contributed by atoms with Crippen LogP contribution in [-0.2, 0) is 33.7 Å². The first kappa shape index (κ1) is 31.6. The third-order valence-corrected chi connectivity index (χ3v) is 9.83. The van der Waals surface area contributed by atoms with Crippen LogP contribution in [0.1, 0.15) is 69.4 Å². The highest BCUT2D eigenvalue weighted by Crippen LogP contribution is 2.40. The van der Waals surface area contributed by atoms with E-state index in [2.05, 4.69) is 59.0 Å². The predicted octanol–water partition coefficient (Wildman–Crippen LogP) is 6.62. The van der Waals surface area contributed by atoms with Crippen LogP contribution in [0.4, 0.5) is 10.5 Å². The number of piperazine rings is 1. The van der Waals surface area contributed by atoms with Gasteiger partial charge in [-0.15, -0.1) is 0 Å². The molecule has 1 saturated heterocycles. The molecule has 0 unspecified atom stereocenters. The van der Waals surface area contributed by atoms with Crippen molar-refractivity contribution in [1.29, 1.82) is 0 Å². The minimum Gasteiger partial charge on any atom is -0.507 e. The number of phenols is 1. The molecule has 3 aromatic carbocycles. The summed E-state index contributed by atoms with van der Waals surface area (Å²) < 4.78 is 27.6. The van der Waals surface area contributed by atoms with Gasteiger partial charge in [-0.2, -0.15) is 4.31 Å². The van der Waals surface area contributed by atoms with Crippen molar-refractivity contribution >= 4 is 21.7 Å². The summed E-state index contributed by atoms with van der Waals surface area (Å²) >= 11 is 0. The molecule has 226 valence electrons. The highest BCUT2D eigenvalue weighted by molar-refractivity contribution is 7.89. The van der Waals surface area contributed by atoms with Crippen molar-refractivity contribution in [3.63, 3.8) is 0 Å². The molecule has 1 fully saturated rings. The van der Waals surface area contributed by atoms with Crippen LogP contribution in [0.3, 0.4) is 0 Å². The Morgan fingerprint density at radius 1 is 0.833 bits per heavy atom. The fraction of sp³-hybridized carbons (Fsp3) is 0.441. The fourth-order valence-electron chi connectivity index (χ4n) is 5.31. The molecule has 4 rings (SSSR count). The number of para-hydroxylation sites is 1. The number of rotatable bonds is 6. The van der Waals surface area contributed by atoms with E-state index in [1.165, 1.54) is 4.31 Å². The van der Waals surface area contributed by atoms with Gasteiger partial charge in [0, 0.05) is 31.9 Å². The van der Waals surface area contributed by atoms with Crippen molar-refractivity contribution in [3.8, 4) is 5.75 Å². The highest BCUT2D eigenvalue weighted by Gasteiger charge is 2.30. The molecule has 0 spiro atoms. The number of sulfonamides is 1. The van der Waals surface area contributed by atoms with Crippen LogP contribution in [0.2, 0.25) is 0 Å². The summed E-state index contributed by atoms with van der Waals surface area (Å²) in [6.45, 7) is 15.7. The third-order valence-electron chi connectivity index (χ3n) is 7.91. The number of nitrogens with zero attached hydrogens (tertiary/aromatic N) is 2. The second-order valence-corrected chi connectivity index (χ2v) is 15.3. The number of aromatic hydroxyl groups is 1. The Bertz CT molecular complexity index is 1490. The highest BCUT2D eigenvalue weighted by atomic mass is 32.2. The van der Waals surface area contributed by atoms with Gasteiger partial charge in [0.05, 0.1) is 4.90 Å². The summed E-state index contributed by atoms with van der Waals surface area (Å²) in [5.74, 6) is 0.373. The Kier molecular flexibility index (Phi) is 9.09. The van der Waals surface area contributed by atoms with E-state index in [4.69, 9.17) is 0 Å².